The number of nitrogens with zero attached hydrogens (tertiary/aromatic N) is 1. The lowest BCUT2D eigenvalue weighted by molar-refractivity contribution is -0.274. The van der Waals surface area contributed by atoms with Crippen molar-refractivity contribution in [2.75, 3.05) is 12.0 Å². The van der Waals surface area contributed by atoms with Crippen molar-refractivity contribution in [2.24, 2.45) is 0 Å². The Balaban J connectivity index is 2.06. The van der Waals surface area contributed by atoms with Crippen molar-refractivity contribution in [3.8, 4) is 16.9 Å². The van der Waals surface area contributed by atoms with E-state index >= 15 is 0 Å². The lowest BCUT2D eigenvalue weighted by Gasteiger charge is -2.26. The van der Waals surface area contributed by atoms with Gasteiger partial charge in [-0.05, 0) is 75.7 Å². The number of methoxy groups -OCH3 is 1. The third-order valence-corrected chi connectivity index (χ3v) is 5.59. The Morgan fingerprint density at radius 3 is 1.97 bits per heavy atom. The zero-order valence-electron chi connectivity index (χ0n) is 18.3. The molecule has 3 rings (SSSR count). The lowest BCUT2D eigenvalue weighted by atomic mass is 10.0. The number of rotatable bonds is 5. The van der Waals surface area contributed by atoms with E-state index in [0.29, 0.717) is 10.5 Å². The molecule has 0 atom stereocenters. The van der Waals surface area contributed by atoms with Gasteiger partial charge in [-0.25, -0.2) is 4.79 Å². The Labute approximate surface area is 214 Å². The average molecular weight is 623 g/mol. The van der Waals surface area contributed by atoms with E-state index in [1.54, 1.807) is 24.3 Å². The van der Waals surface area contributed by atoms with E-state index in [0.717, 1.165) is 34.9 Å². The van der Waals surface area contributed by atoms with Crippen molar-refractivity contribution in [3.63, 3.8) is 0 Å². The Morgan fingerprint density at radius 1 is 0.861 bits per heavy atom. The zero-order chi connectivity index (χ0) is 26.7. The highest BCUT2D eigenvalue weighted by Gasteiger charge is 2.38. The molecule has 0 spiro atoms. The topological polar surface area (TPSA) is 55.8 Å². The summed E-state index contributed by atoms with van der Waals surface area (Å²) in [7, 11) is 0.934. The van der Waals surface area contributed by atoms with Gasteiger partial charge in [0, 0.05) is 3.57 Å². The summed E-state index contributed by atoms with van der Waals surface area (Å²) >= 11 is 2.04. The maximum atomic E-state index is 14.1. The fraction of sp³-hybridized carbons (Fsp3) is 0.167. The molecule has 0 N–H and O–H groups in total. The summed E-state index contributed by atoms with van der Waals surface area (Å²) in [5, 5.41) is 0. The van der Waals surface area contributed by atoms with Crippen molar-refractivity contribution in [1.29, 1.82) is 0 Å². The third-order valence-electron chi connectivity index (χ3n) is 4.87. The molecule has 0 radical (unpaired) electrons. The molecule has 0 unspecified atom stereocenters. The molecule has 36 heavy (non-hydrogen) atoms. The summed E-state index contributed by atoms with van der Waals surface area (Å²) < 4.78 is 88.5. The van der Waals surface area contributed by atoms with E-state index in [1.807, 2.05) is 22.6 Å². The van der Waals surface area contributed by atoms with E-state index < -0.39 is 41.4 Å². The van der Waals surface area contributed by atoms with Crippen LogP contribution in [-0.4, -0.2) is 25.3 Å². The summed E-state index contributed by atoms with van der Waals surface area (Å²) in [6.45, 7) is -0.350. The normalized spacial score (nSPS) is 11.7. The SMILES string of the molecule is COC(=O)C(=O)N(Cc1ccc(I)cc1)c1ccc(-c2ccc(OC(F)(F)F)cc2)cc1C(F)(F)F. The summed E-state index contributed by atoms with van der Waals surface area (Å²) in [6, 6.07) is 13.9. The second kappa shape index (κ2) is 10.8. The molecule has 5 nitrogen and oxygen atoms in total. The van der Waals surface area contributed by atoms with Crippen LogP contribution in [0.25, 0.3) is 11.1 Å². The third kappa shape index (κ3) is 6.89. The number of esters is 1. The van der Waals surface area contributed by atoms with E-state index in [2.05, 4.69) is 9.47 Å². The number of benzene rings is 3. The van der Waals surface area contributed by atoms with Gasteiger partial charge in [0.1, 0.15) is 5.75 Å². The monoisotopic (exact) mass is 623 g/mol. The number of carbonyl (C=O) groups is 2. The Kier molecular flexibility index (Phi) is 8.16. The van der Waals surface area contributed by atoms with Crippen LogP contribution in [0.5, 0.6) is 5.75 Å². The van der Waals surface area contributed by atoms with Gasteiger partial charge < -0.3 is 9.47 Å². The highest BCUT2D eigenvalue weighted by molar-refractivity contribution is 14.1. The van der Waals surface area contributed by atoms with Crippen LogP contribution in [0.15, 0.2) is 66.7 Å². The van der Waals surface area contributed by atoms with E-state index in [4.69, 9.17) is 0 Å². The highest BCUT2D eigenvalue weighted by Crippen LogP contribution is 2.40. The van der Waals surface area contributed by atoms with Crippen LogP contribution in [0.3, 0.4) is 0 Å². The Bertz CT molecular complexity index is 1240. The molecule has 3 aromatic rings. The number of alkyl halides is 6. The van der Waals surface area contributed by atoms with Crippen LogP contribution in [0.4, 0.5) is 32.0 Å². The van der Waals surface area contributed by atoms with Crippen molar-refractivity contribution in [2.45, 2.75) is 19.1 Å². The smallest absolute Gasteiger partial charge is 0.462 e. The maximum Gasteiger partial charge on any atom is 0.573 e. The van der Waals surface area contributed by atoms with Gasteiger partial charge in [-0.15, -0.1) is 13.2 Å². The molecule has 0 aliphatic carbocycles. The number of carbonyl (C=O) groups excluding carboxylic acids is 2. The predicted molar refractivity (Wildman–Crippen MR) is 126 cm³/mol. The predicted octanol–water partition coefficient (Wildman–Crippen LogP) is 6.58. The van der Waals surface area contributed by atoms with Crippen LogP contribution >= 0.6 is 22.6 Å². The molecule has 0 aromatic heterocycles. The Hall–Kier alpha value is -3.29. The van der Waals surface area contributed by atoms with Crippen molar-refractivity contribution in [3.05, 3.63) is 81.4 Å². The summed E-state index contributed by atoms with van der Waals surface area (Å²) in [5.41, 5.74) is -1.16. The first-order valence-electron chi connectivity index (χ1n) is 10.00. The zero-order valence-corrected chi connectivity index (χ0v) is 20.4. The van der Waals surface area contributed by atoms with E-state index in [1.165, 1.54) is 18.2 Å². The van der Waals surface area contributed by atoms with Crippen molar-refractivity contribution < 1.29 is 45.4 Å². The number of hydrogen-bond acceptors (Lipinski definition) is 4. The molecule has 0 heterocycles. The van der Waals surface area contributed by atoms with Gasteiger partial charge in [0.15, 0.2) is 0 Å². The van der Waals surface area contributed by atoms with Gasteiger partial charge in [0.05, 0.1) is 24.9 Å². The van der Waals surface area contributed by atoms with E-state index in [-0.39, 0.29) is 17.7 Å². The number of amides is 1. The minimum absolute atomic E-state index is 0.0179. The van der Waals surface area contributed by atoms with Gasteiger partial charge >= 0.3 is 24.4 Å². The van der Waals surface area contributed by atoms with E-state index in [9.17, 15) is 35.9 Å². The van der Waals surface area contributed by atoms with Gasteiger partial charge in [0.25, 0.3) is 0 Å². The largest absolute Gasteiger partial charge is 0.573 e. The second-order valence-electron chi connectivity index (χ2n) is 7.31. The van der Waals surface area contributed by atoms with Crippen LogP contribution in [-0.2, 0) is 27.0 Å². The number of halogens is 7. The minimum atomic E-state index is -4.94. The average Bonchev–Trinajstić information content (AvgIpc) is 2.81. The standard InChI is InChI=1S/C24H16F6INO4/c1-35-22(34)21(33)32(13-14-2-7-17(31)8-3-14)20-11-6-16(12-19(20)23(25,26)27)15-4-9-18(10-5-15)36-24(28,29)30/h2-12H,13H2,1H3. The Morgan fingerprint density at radius 2 is 1.44 bits per heavy atom. The van der Waals surface area contributed by atoms with Crippen molar-refractivity contribution >= 4 is 40.2 Å². The minimum Gasteiger partial charge on any atom is -0.462 e. The molecule has 0 fully saturated rings. The molecule has 0 bridgehead atoms. The van der Waals surface area contributed by atoms with Gasteiger partial charge in [-0.3, -0.25) is 9.69 Å². The number of anilines is 1. The van der Waals surface area contributed by atoms with Crippen LogP contribution in [0.2, 0.25) is 0 Å². The molecule has 1 amide bonds. The lowest BCUT2D eigenvalue weighted by Crippen LogP contribution is -2.38. The molecule has 3 aromatic carbocycles. The summed E-state index contributed by atoms with van der Waals surface area (Å²) in [6.07, 6.45) is -9.86. The van der Waals surface area contributed by atoms with Crippen LogP contribution in [0.1, 0.15) is 11.1 Å². The van der Waals surface area contributed by atoms with Crippen LogP contribution in [0, 0.1) is 3.57 Å². The first-order chi connectivity index (χ1) is 16.8. The highest BCUT2D eigenvalue weighted by atomic mass is 127. The fourth-order valence-corrected chi connectivity index (χ4v) is 3.62. The molecular weight excluding hydrogens is 607 g/mol. The van der Waals surface area contributed by atoms with Gasteiger partial charge in [0.2, 0.25) is 0 Å². The number of ether oxygens (including phenoxy) is 2. The van der Waals surface area contributed by atoms with Gasteiger partial charge in [-0.2, -0.15) is 13.2 Å². The summed E-state index contributed by atoms with van der Waals surface area (Å²) in [5.74, 6) is -3.19. The molecule has 0 aliphatic heterocycles. The summed E-state index contributed by atoms with van der Waals surface area (Å²) in [4.78, 5) is 25.3. The second-order valence-corrected chi connectivity index (χ2v) is 8.56. The molecule has 190 valence electrons. The quantitative estimate of drug-likeness (QED) is 0.140. The number of hydrogen-bond donors (Lipinski definition) is 0. The fourth-order valence-electron chi connectivity index (χ4n) is 3.26. The maximum absolute atomic E-state index is 14.1. The first-order valence-corrected chi connectivity index (χ1v) is 11.1. The molecule has 0 aliphatic rings. The van der Waals surface area contributed by atoms with Gasteiger partial charge in [-0.1, -0.05) is 30.3 Å². The molecule has 0 saturated carbocycles. The first kappa shape index (κ1) is 27.3. The van der Waals surface area contributed by atoms with Crippen LogP contribution < -0.4 is 9.64 Å². The van der Waals surface area contributed by atoms with Crippen molar-refractivity contribution in [1.82, 2.24) is 0 Å². The molecular formula is C24H16F6INO4. The molecule has 0 saturated heterocycles. The molecule has 12 heteroatoms.